The molecule has 0 aromatic carbocycles. The fourth-order valence-electron chi connectivity index (χ4n) is 3.72. The Labute approximate surface area is 147 Å². The highest BCUT2D eigenvalue weighted by Gasteiger charge is 2.29. The molecule has 7 heteroatoms. The van der Waals surface area contributed by atoms with Gasteiger partial charge in [-0.3, -0.25) is 9.69 Å². The summed E-state index contributed by atoms with van der Waals surface area (Å²) < 4.78 is 10.9. The van der Waals surface area contributed by atoms with E-state index in [0.29, 0.717) is 30.0 Å². The first-order valence-corrected chi connectivity index (χ1v) is 9.17. The number of carbonyl (C=O) groups is 1. The summed E-state index contributed by atoms with van der Waals surface area (Å²) in [6.07, 6.45) is 6.97. The number of hydrogen-bond donors (Lipinski definition) is 0. The predicted octanol–water partition coefficient (Wildman–Crippen LogP) is 2.55. The maximum Gasteiger partial charge on any atom is 0.283 e. The number of aromatic nitrogens is 2. The van der Waals surface area contributed by atoms with E-state index >= 15 is 0 Å². The highest BCUT2D eigenvalue weighted by atomic mass is 16.4. The van der Waals surface area contributed by atoms with Gasteiger partial charge >= 0.3 is 0 Å². The third-order valence-electron chi connectivity index (χ3n) is 5.16. The fourth-order valence-corrected chi connectivity index (χ4v) is 3.72. The first-order chi connectivity index (χ1) is 12.3. The van der Waals surface area contributed by atoms with Gasteiger partial charge in [-0.1, -0.05) is 0 Å². The molecule has 2 aromatic heterocycles. The van der Waals surface area contributed by atoms with Gasteiger partial charge in [0, 0.05) is 19.0 Å². The molecule has 2 saturated heterocycles. The third kappa shape index (κ3) is 3.76. The van der Waals surface area contributed by atoms with Crippen LogP contribution in [0.2, 0.25) is 0 Å². The normalized spacial score (nSPS) is 20.1. The molecule has 1 amide bonds. The molecule has 0 atom stereocenters. The van der Waals surface area contributed by atoms with E-state index in [1.54, 1.807) is 18.4 Å². The van der Waals surface area contributed by atoms with Crippen LogP contribution in [0.3, 0.4) is 0 Å². The van der Waals surface area contributed by atoms with Crippen LogP contribution in [0.5, 0.6) is 0 Å². The summed E-state index contributed by atoms with van der Waals surface area (Å²) in [5, 5.41) is 8.13. The highest BCUT2D eigenvalue weighted by molar-refractivity contribution is 5.79. The zero-order valence-electron chi connectivity index (χ0n) is 14.4. The molecule has 0 radical (unpaired) electrons. The molecule has 0 saturated carbocycles. The summed E-state index contributed by atoms with van der Waals surface area (Å²) in [5.74, 6) is 2.12. The number of amides is 1. The number of rotatable bonds is 4. The van der Waals surface area contributed by atoms with Crippen molar-refractivity contribution in [3.63, 3.8) is 0 Å². The Balaban J connectivity index is 1.28. The Hall–Kier alpha value is -2.15. The van der Waals surface area contributed by atoms with Gasteiger partial charge in [0.15, 0.2) is 5.76 Å². The monoisotopic (exact) mass is 344 g/mol. The lowest BCUT2D eigenvalue weighted by Crippen LogP contribution is -2.44. The molecule has 0 N–H and O–H groups in total. The largest absolute Gasteiger partial charge is 0.459 e. The average molecular weight is 344 g/mol. The molecule has 0 bridgehead atoms. The van der Waals surface area contributed by atoms with Crippen molar-refractivity contribution >= 4 is 5.91 Å². The molecule has 4 rings (SSSR count). The van der Waals surface area contributed by atoms with Crippen LogP contribution in [0.25, 0.3) is 11.7 Å². The van der Waals surface area contributed by atoms with E-state index in [-0.39, 0.29) is 5.92 Å². The summed E-state index contributed by atoms with van der Waals surface area (Å²) in [7, 11) is 0. The number of carbonyl (C=O) groups excluding carboxylic acids is 1. The zero-order valence-corrected chi connectivity index (χ0v) is 14.4. The molecule has 2 aliphatic rings. The van der Waals surface area contributed by atoms with Gasteiger partial charge in [-0.25, -0.2) is 0 Å². The van der Waals surface area contributed by atoms with Crippen LogP contribution in [0.1, 0.15) is 38.0 Å². The number of likely N-dealkylation sites (tertiary alicyclic amines) is 2. The minimum absolute atomic E-state index is 0.177. The molecule has 134 valence electrons. The van der Waals surface area contributed by atoms with Gasteiger partial charge in [0.25, 0.3) is 5.89 Å². The van der Waals surface area contributed by atoms with E-state index in [1.165, 1.54) is 6.42 Å². The van der Waals surface area contributed by atoms with Gasteiger partial charge in [-0.2, -0.15) is 0 Å². The Morgan fingerprint density at radius 3 is 2.64 bits per heavy atom. The first kappa shape index (κ1) is 16.3. The molecule has 2 aromatic rings. The van der Waals surface area contributed by atoms with Crippen LogP contribution in [0.4, 0.5) is 0 Å². The SMILES string of the molecule is O=C(C1CCN(Cc2nnc(-c3ccco3)o2)CC1)N1CCCCC1. The summed E-state index contributed by atoms with van der Waals surface area (Å²) in [5.41, 5.74) is 0. The minimum Gasteiger partial charge on any atom is -0.459 e. The van der Waals surface area contributed by atoms with Crippen LogP contribution >= 0.6 is 0 Å². The zero-order chi connectivity index (χ0) is 17.1. The fraction of sp³-hybridized carbons (Fsp3) is 0.611. The second-order valence-electron chi connectivity index (χ2n) is 6.91. The molecule has 0 spiro atoms. The topological polar surface area (TPSA) is 75.6 Å². The number of hydrogen-bond acceptors (Lipinski definition) is 6. The van der Waals surface area contributed by atoms with Crippen molar-refractivity contribution < 1.29 is 13.6 Å². The number of piperidine rings is 2. The Bertz CT molecular complexity index is 683. The maximum absolute atomic E-state index is 12.6. The van der Waals surface area contributed by atoms with Crippen LogP contribution in [-0.2, 0) is 11.3 Å². The molecular formula is C18H24N4O3. The Morgan fingerprint density at radius 2 is 1.92 bits per heavy atom. The standard InChI is InChI=1S/C18H24N4O3/c23-18(22-8-2-1-3-9-22)14-6-10-21(11-7-14)13-16-19-20-17(25-16)15-5-4-12-24-15/h4-5,12,14H,1-3,6-11,13H2. The van der Waals surface area contributed by atoms with E-state index < -0.39 is 0 Å². The summed E-state index contributed by atoms with van der Waals surface area (Å²) in [6, 6.07) is 3.60. The Morgan fingerprint density at radius 1 is 1.12 bits per heavy atom. The number of furan rings is 1. The summed E-state index contributed by atoms with van der Waals surface area (Å²) in [6.45, 7) is 4.29. The van der Waals surface area contributed by atoms with E-state index in [4.69, 9.17) is 8.83 Å². The van der Waals surface area contributed by atoms with Crippen LogP contribution in [0.15, 0.2) is 27.2 Å². The van der Waals surface area contributed by atoms with Crippen LogP contribution in [0, 0.1) is 5.92 Å². The quantitative estimate of drug-likeness (QED) is 0.848. The lowest BCUT2D eigenvalue weighted by atomic mass is 9.94. The van der Waals surface area contributed by atoms with Gasteiger partial charge in [0.1, 0.15) is 0 Å². The third-order valence-corrected chi connectivity index (χ3v) is 5.16. The van der Waals surface area contributed by atoms with E-state index in [9.17, 15) is 4.79 Å². The lowest BCUT2D eigenvalue weighted by molar-refractivity contribution is -0.138. The first-order valence-electron chi connectivity index (χ1n) is 9.17. The lowest BCUT2D eigenvalue weighted by Gasteiger charge is -2.35. The van der Waals surface area contributed by atoms with E-state index in [0.717, 1.165) is 51.9 Å². The van der Waals surface area contributed by atoms with Crippen molar-refractivity contribution in [1.29, 1.82) is 0 Å². The highest BCUT2D eigenvalue weighted by Crippen LogP contribution is 2.24. The number of nitrogens with zero attached hydrogens (tertiary/aromatic N) is 4. The Kier molecular flexibility index (Phi) is 4.83. The summed E-state index contributed by atoms with van der Waals surface area (Å²) >= 11 is 0. The second-order valence-corrected chi connectivity index (χ2v) is 6.91. The molecular weight excluding hydrogens is 320 g/mol. The van der Waals surface area contributed by atoms with E-state index in [1.807, 2.05) is 0 Å². The second kappa shape index (κ2) is 7.39. The van der Waals surface area contributed by atoms with E-state index in [2.05, 4.69) is 20.0 Å². The van der Waals surface area contributed by atoms with Crippen molar-refractivity contribution in [2.45, 2.75) is 38.6 Å². The predicted molar refractivity (Wildman–Crippen MR) is 90.4 cm³/mol. The van der Waals surface area contributed by atoms with Gasteiger partial charge in [-0.05, 0) is 57.3 Å². The molecule has 2 fully saturated rings. The van der Waals surface area contributed by atoms with Crippen molar-refractivity contribution in [3.05, 3.63) is 24.3 Å². The van der Waals surface area contributed by atoms with Crippen molar-refractivity contribution in [3.8, 4) is 11.7 Å². The van der Waals surface area contributed by atoms with Gasteiger partial charge in [0.2, 0.25) is 11.8 Å². The molecule has 4 heterocycles. The smallest absolute Gasteiger partial charge is 0.283 e. The maximum atomic E-state index is 12.6. The van der Waals surface area contributed by atoms with Gasteiger partial charge in [0.05, 0.1) is 12.8 Å². The van der Waals surface area contributed by atoms with Crippen LogP contribution in [-0.4, -0.2) is 52.1 Å². The van der Waals surface area contributed by atoms with Crippen LogP contribution < -0.4 is 0 Å². The van der Waals surface area contributed by atoms with Crippen molar-refractivity contribution in [2.75, 3.05) is 26.2 Å². The minimum atomic E-state index is 0.177. The molecule has 7 nitrogen and oxygen atoms in total. The summed E-state index contributed by atoms with van der Waals surface area (Å²) in [4.78, 5) is 17.0. The average Bonchev–Trinajstić information content (AvgIpc) is 3.34. The molecule has 2 aliphatic heterocycles. The molecule has 0 unspecified atom stereocenters. The van der Waals surface area contributed by atoms with Crippen molar-refractivity contribution in [2.24, 2.45) is 5.92 Å². The molecule has 0 aliphatic carbocycles. The van der Waals surface area contributed by atoms with Gasteiger partial charge < -0.3 is 13.7 Å². The molecule has 25 heavy (non-hydrogen) atoms. The van der Waals surface area contributed by atoms with Crippen molar-refractivity contribution in [1.82, 2.24) is 20.0 Å². The van der Waals surface area contributed by atoms with Gasteiger partial charge in [-0.15, -0.1) is 10.2 Å².